The maximum absolute atomic E-state index is 12.2. The van der Waals surface area contributed by atoms with E-state index in [0.29, 0.717) is 38.3 Å². The number of hydrogen-bond donors (Lipinski definition) is 2. The van der Waals surface area contributed by atoms with Crippen molar-refractivity contribution >= 4 is 12.1 Å². The Morgan fingerprint density at radius 2 is 1.79 bits per heavy atom. The van der Waals surface area contributed by atoms with Crippen molar-refractivity contribution in [3.8, 4) is 0 Å². The second kappa shape index (κ2) is 5.61. The molecule has 2 aliphatic carbocycles. The fraction of sp³-hybridized carbons (Fsp3) is 0.889. The van der Waals surface area contributed by atoms with Crippen LogP contribution in [-0.4, -0.2) is 51.5 Å². The fourth-order valence-electron chi connectivity index (χ4n) is 5.19. The van der Waals surface area contributed by atoms with Crippen LogP contribution in [0.2, 0.25) is 0 Å². The number of aliphatic carboxylic acids is 1. The molecule has 3 unspecified atom stereocenters. The van der Waals surface area contributed by atoms with Gasteiger partial charge in [-0.1, -0.05) is 6.42 Å². The summed E-state index contributed by atoms with van der Waals surface area (Å²) >= 11 is 0. The number of nitrogens with zero attached hydrogens (tertiary/aromatic N) is 1. The van der Waals surface area contributed by atoms with Gasteiger partial charge in [-0.3, -0.25) is 4.79 Å². The molecule has 1 amide bonds. The molecule has 1 heterocycles. The number of carbonyl (C=O) groups is 2. The van der Waals surface area contributed by atoms with Gasteiger partial charge in [0.15, 0.2) is 0 Å². The van der Waals surface area contributed by atoms with Crippen molar-refractivity contribution in [3.05, 3.63) is 0 Å². The Labute approximate surface area is 143 Å². The molecule has 2 bridgehead atoms. The van der Waals surface area contributed by atoms with Crippen LogP contribution in [0.25, 0.3) is 0 Å². The van der Waals surface area contributed by atoms with E-state index in [4.69, 9.17) is 4.74 Å². The van der Waals surface area contributed by atoms with Crippen LogP contribution < -0.4 is 0 Å². The Morgan fingerprint density at radius 1 is 1.17 bits per heavy atom. The maximum atomic E-state index is 12.2. The highest BCUT2D eigenvalue weighted by Gasteiger charge is 2.66. The van der Waals surface area contributed by atoms with Crippen molar-refractivity contribution in [3.63, 3.8) is 0 Å². The molecule has 136 valence electrons. The van der Waals surface area contributed by atoms with E-state index in [2.05, 4.69) is 0 Å². The number of piperidine rings is 1. The zero-order valence-electron chi connectivity index (χ0n) is 14.9. The van der Waals surface area contributed by atoms with Gasteiger partial charge < -0.3 is 19.8 Å². The molecule has 0 aromatic carbocycles. The SMILES string of the molecule is CC(C)(C)OC(=O)N1CCC(O)(C2(C(=O)O)CC3CCC2C3)CC1. The standard InChI is InChI=1S/C18H29NO5/c1-16(2,3)24-15(22)19-8-6-17(23,7-9-19)18(14(20)21)11-12-4-5-13(18)10-12/h12-13,23H,4-11H2,1-3H3,(H,20,21). The van der Waals surface area contributed by atoms with Crippen LogP contribution in [0.3, 0.4) is 0 Å². The quantitative estimate of drug-likeness (QED) is 0.807. The lowest BCUT2D eigenvalue weighted by molar-refractivity contribution is -0.187. The highest BCUT2D eigenvalue weighted by atomic mass is 16.6. The molecule has 6 nitrogen and oxygen atoms in total. The third kappa shape index (κ3) is 2.68. The number of aliphatic hydroxyl groups is 1. The van der Waals surface area contributed by atoms with Gasteiger partial charge in [0.05, 0.1) is 11.0 Å². The molecule has 3 aliphatic rings. The molecule has 6 heteroatoms. The summed E-state index contributed by atoms with van der Waals surface area (Å²) in [5.74, 6) is -0.361. The minimum atomic E-state index is -1.23. The van der Waals surface area contributed by atoms with E-state index in [1.807, 2.05) is 20.8 Å². The van der Waals surface area contributed by atoms with E-state index in [0.717, 1.165) is 19.3 Å². The first-order valence-corrected chi connectivity index (χ1v) is 9.01. The highest BCUT2D eigenvalue weighted by Crippen LogP contribution is 2.62. The van der Waals surface area contributed by atoms with E-state index in [1.165, 1.54) is 0 Å². The normalized spacial score (nSPS) is 35.1. The Bertz CT molecular complexity index is 532. The number of carboxylic acid groups (broad SMARTS) is 1. The molecule has 1 saturated heterocycles. The first-order valence-electron chi connectivity index (χ1n) is 9.01. The lowest BCUT2D eigenvalue weighted by Gasteiger charge is -2.50. The van der Waals surface area contributed by atoms with Gasteiger partial charge in [-0.15, -0.1) is 0 Å². The summed E-state index contributed by atoms with van der Waals surface area (Å²) in [5, 5.41) is 21.3. The first-order chi connectivity index (χ1) is 11.1. The van der Waals surface area contributed by atoms with Gasteiger partial charge in [0.2, 0.25) is 0 Å². The van der Waals surface area contributed by atoms with Crippen LogP contribution in [0.15, 0.2) is 0 Å². The zero-order chi connectivity index (χ0) is 17.8. The van der Waals surface area contributed by atoms with Crippen molar-refractivity contribution in [2.24, 2.45) is 17.3 Å². The van der Waals surface area contributed by atoms with Crippen LogP contribution in [0.1, 0.15) is 59.3 Å². The predicted octanol–water partition coefficient (Wildman–Crippen LogP) is 2.64. The van der Waals surface area contributed by atoms with E-state index in [1.54, 1.807) is 4.90 Å². The molecule has 2 saturated carbocycles. The average molecular weight is 339 g/mol. The number of amides is 1. The molecule has 0 aromatic heterocycles. The smallest absolute Gasteiger partial charge is 0.410 e. The summed E-state index contributed by atoms with van der Waals surface area (Å²) in [6.45, 7) is 6.15. The molecular weight excluding hydrogens is 310 g/mol. The van der Waals surface area contributed by atoms with Crippen LogP contribution in [0.5, 0.6) is 0 Å². The molecule has 24 heavy (non-hydrogen) atoms. The molecule has 3 rings (SSSR count). The van der Waals surface area contributed by atoms with Crippen LogP contribution in [0.4, 0.5) is 4.79 Å². The van der Waals surface area contributed by atoms with Crippen LogP contribution in [-0.2, 0) is 9.53 Å². The number of hydrogen-bond acceptors (Lipinski definition) is 4. The molecule has 1 aliphatic heterocycles. The van der Waals surface area contributed by atoms with Crippen molar-refractivity contribution in [1.29, 1.82) is 0 Å². The molecular formula is C18H29NO5. The number of ether oxygens (including phenoxy) is 1. The van der Waals surface area contributed by atoms with Crippen molar-refractivity contribution in [1.82, 2.24) is 4.90 Å². The minimum Gasteiger partial charge on any atom is -0.481 e. The Balaban J connectivity index is 1.72. The highest BCUT2D eigenvalue weighted by molar-refractivity contribution is 5.78. The monoisotopic (exact) mass is 339 g/mol. The van der Waals surface area contributed by atoms with Crippen molar-refractivity contribution < 1.29 is 24.5 Å². The average Bonchev–Trinajstić information content (AvgIpc) is 3.07. The molecule has 0 spiro atoms. The van der Waals surface area contributed by atoms with E-state index in [-0.39, 0.29) is 12.0 Å². The van der Waals surface area contributed by atoms with Gasteiger partial charge in [-0.2, -0.15) is 0 Å². The third-order valence-corrected chi connectivity index (χ3v) is 6.30. The van der Waals surface area contributed by atoms with E-state index in [9.17, 15) is 19.8 Å². The number of rotatable bonds is 2. The molecule has 0 radical (unpaired) electrons. The summed E-state index contributed by atoms with van der Waals surface area (Å²) in [4.78, 5) is 25.9. The van der Waals surface area contributed by atoms with Gasteiger partial charge in [0.25, 0.3) is 0 Å². The van der Waals surface area contributed by atoms with Crippen molar-refractivity contribution in [2.45, 2.75) is 70.5 Å². The Morgan fingerprint density at radius 3 is 2.21 bits per heavy atom. The molecule has 0 aromatic rings. The summed E-state index contributed by atoms with van der Waals surface area (Å²) in [5.41, 5.74) is -2.81. The van der Waals surface area contributed by atoms with Gasteiger partial charge in [-0.05, 0) is 64.7 Å². The van der Waals surface area contributed by atoms with Crippen LogP contribution >= 0.6 is 0 Å². The van der Waals surface area contributed by atoms with E-state index < -0.39 is 22.6 Å². The molecule has 3 atom stereocenters. The maximum Gasteiger partial charge on any atom is 0.410 e. The van der Waals surface area contributed by atoms with Gasteiger partial charge in [0.1, 0.15) is 5.60 Å². The first kappa shape index (κ1) is 17.5. The third-order valence-electron chi connectivity index (χ3n) is 6.30. The fourth-order valence-corrected chi connectivity index (χ4v) is 5.19. The van der Waals surface area contributed by atoms with Gasteiger partial charge in [-0.25, -0.2) is 4.79 Å². The second-order valence-corrected chi connectivity index (χ2v) is 8.86. The topological polar surface area (TPSA) is 87.1 Å². The number of fused-ring (bicyclic) bond motifs is 2. The largest absolute Gasteiger partial charge is 0.481 e. The Hall–Kier alpha value is -1.30. The van der Waals surface area contributed by atoms with Crippen LogP contribution in [0, 0.1) is 17.3 Å². The molecule has 3 fully saturated rings. The summed E-state index contributed by atoms with van der Waals surface area (Å²) in [6.07, 6.45) is 3.71. The zero-order valence-corrected chi connectivity index (χ0v) is 14.9. The number of likely N-dealkylation sites (tertiary alicyclic amines) is 1. The van der Waals surface area contributed by atoms with Gasteiger partial charge in [0, 0.05) is 13.1 Å². The number of carbonyl (C=O) groups excluding carboxylic acids is 1. The molecule has 2 N–H and O–H groups in total. The number of carboxylic acids is 1. The Kier molecular flexibility index (Phi) is 4.10. The lowest BCUT2D eigenvalue weighted by atomic mass is 9.59. The second-order valence-electron chi connectivity index (χ2n) is 8.86. The summed E-state index contributed by atoms with van der Waals surface area (Å²) in [6, 6.07) is 0. The van der Waals surface area contributed by atoms with Gasteiger partial charge >= 0.3 is 12.1 Å². The minimum absolute atomic E-state index is 0.0677. The van der Waals surface area contributed by atoms with Crippen molar-refractivity contribution in [2.75, 3.05) is 13.1 Å². The summed E-state index contributed by atoms with van der Waals surface area (Å²) in [7, 11) is 0. The lowest BCUT2D eigenvalue weighted by Crippen LogP contribution is -2.61. The predicted molar refractivity (Wildman–Crippen MR) is 87.5 cm³/mol. The summed E-state index contributed by atoms with van der Waals surface area (Å²) < 4.78 is 5.38. The van der Waals surface area contributed by atoms with E-state index >= 15 is 0 Å².